The van der Waals surface area contributed by atoms with Crippen LogP contribution in [0.3, 0.4) is 0 Å². The number of hydrogen-bond acceptors (Lipinski definition) is 7. The van der Waals surface area contributed by atoms with Gasteiger partial charge >= 0.3 is 0 Å². The summed E-state index contributed by atoms with van der Waals surface area (Å²) in [6, 6.07) is 25.6. The van der Waals surface area contributed by atoms with Crippen molar-refractivity contribution in [2.24, 2.45) is 5.10 Å². The van der Waals surface area contributed by atoms with E-state index in [1.165, 1.54) is 17.6 Å². The van der Waals surface area contributed by atoms with Crippen LogP contribution in [-0.2, 0) is 6.61 Å². The number of ether oxygens (including phenoxy) is 2. The van der Waals surface area contributed by atoms with Gasteiger partial charge in [0.15, 0.2) is 16.6 Å². The lowest BCUT2D eigenvalue weighted by Crippen LogP contribution is -2.17. The highest BCUT2D eigenvalue weighted by atomic mass is 79.9. The van der Waals surface area contributed by atoms with E-state index in [1.54, 1.807) is 31.4 Å². The van der Waals surface area contributed by atoms with E-state index in [2.05, 4.69) is 36.8 Å². The van der Waals surface area contributed by atoms with Crippen molar-refractivity contribution in [3.8, 4) is 22.8 Å². The average molecular weight is 682 g/mol. The summed E-state index contributed by atoms with van der Waals surface area (Å²) in [5.74, 6) is 0.755. The normalized spacial score (nSPS) is 11.0. The molecule has 1 amide bonds. The predicted molar refractivity (Wildman–Crippen MR) is 174 cm³/mol. The van der Waals surface area contributed by atoms with Crippen LogP contribution in [0.25, 0.3) is 11.3 Å². The van der Waals surface area contributed by atoms with E-state index in [-0.39, 0.29) is 5.91 Å². The van der Waals surface area contributed by atoms with Gasteiger partial charge in [0.05, 0.1) is 19.0 Å². The Morgan fingerprint density at radius 2 is 1.67 bits per heavy atom. The molecule has 212 valence electrons. The van der Waals surface area contributed by atoms with Crippen molar-refractivity contribution in [2.45, 2.75) is 6.61 Å². The Balaban J connectivity index is 1.18. The Hall–Kier alpha value is -3.89. The van der Waals surface area contributed by atoms with Crippen LogP contribution in [0.4, 0.5) is 10.8 Å². The van der Waals surface area contributed by atoms with Crippen molar-refractivity contribution in [2.75, 3.05) is 12.4 Å². The van der Waals surface area contributed by atoms with Crippen LogP contribution in [0.5, 0.6) is 11.5 Å². The molecule has 0 atom stereocenters. The highest BCUT2D eigenvalue weighted by molar-refractivity contribution is 9.10. The molecule has 4 aromatic carbocycles. The molecule has 5 rings (SSSR count). The summed E-state index contributed by atoms with van der Waals surface area (Å²) in [5.41, 5.74) is 7.31. The molecule has 0 spiro atoms. The summed E-state index contributed by atoms with van der Waals surface area (Å²) < 4.78 is 12.2. The van der Waals surface area contributed by atoms with Crippen LogP contribution in [0.15, 0.2) is 99.9 Å². The number of rotatable bonds is 10. The van der Waals surface area contributed by atoms with Gasteiger partial charge < -0.3 is 14.8 Å². The smallest absolute Gasteiger partial charge is 0.271 e. The summed E-state index contributed by atoms with van der Waals surface area (Å²) in [6.07, 6.45) is 1.53. The summed E-state index contributed by atoms with van der Waals surface area (Å²) in [7, 11) is 1.56. The van der Waals surface area contributed by atoms with Gasteiger partial charge in [0.25, 0.3) is 5.91 Å². The second-order valence-corrected chi connectivity index (χ2v) is 11.5. The van der Waals surface area contributed by atoms with Crippen LogP contribution in [0, 0.1) is 0 Å². The number of hydrazone groups is 1. The van der Waals surface area contributed by atoms with Crippen LogP contribution < -0.4 is 20.2 Å². The molecule has 1 heterocycles. The van der Waals surface area contributed by atoms with Crippen LogP contribution >= 0.6 is 50.5 Å². The molecule has 0 saturated carbocycles. The minimum Gasteiger partial charge on any atom is -0.493 e. The lowest BCUT2D eigenvalue weighted by Gasteiger charge is -2.13. The number of hydrogen-bond donors (Lipinski definition) is 2. The molecular formula is C31H23BrCl2N4O3S. The zero-order valence-electron chi connectivity index (χ0n) is 22.1. The fourth-order valence-corrected chi connectivity index (χ4v) is 5.22. The van der Waals surface area contributed by atoms with Gasteiger partial charge in [0.2, 0.25) is 0 Å². The third-order valence-corrected chi connectivity index (χ3v) is 7.95. The van der Waals surface area contributed by atoms with E-state index >= 15 is 0 Å². The summed E-state index contributed by atoms with van der Waals surface area (Å²) in [4.78, 5) is 17.3. The van der Waals surface area contributed by atoms with Gasteiger partial charge in [-0.3, -0.25) is 4.79 Å². The third kappa shape index (κ3) is 7.68. The Labute approximate surface area is 265 Å². The molecule has 0 unspecified atom stereocenters. The quantitative estimate of drug-likeness (QED) is 0.114. The highest BCUT2D eigenvalue weighted by Crippen LogP contribution is 2.34. The minimum atomic E-state index is -0.341. The maximum Gasteiger partial charge on any atom is 0.271 e. The molecule has 0 saturated heterocycles. The third-order valence-electron chi connectivity index (χ3n) is 6.00. The number of amides is 1. The first kappa shape index (κ1) is 29.6. The molecule has 42 heavy (non-hydrogen) atoms. The van der Waals surface area contributed by atoms with Crippen LogP contribution in [-0.4, -0.2) is 24.2 Å². The van der Waals surface area contributed by atoms with Gasteiger partial charge in [-0.15, -0.1) is 11.3 Å². The van der Waals surface area contributed by atoms with E-state index < -0.39 is 0 Å². The summed E-state index contributed by atoms with van der Waals surface area (Å²) in [6.45, 7) is 0.353. The van der Waals surface area contributed by atoms with Crippen molar-refractivity contribution in [1.29, 1.82) is 0 Å². The lowest BCUT2D eigenvalue weighted by molar-refractivity contribution is 0.0955. The second-order valence-electron chi connectivity index (χ2n) is 8.89. The monoisotopic (exact) mass is 680 g/mol. The zero-order valence-corrected chi connectivity index (χ0v) is 26.0. The predicted octanol–water partition coefficient (Wildman–Crippen LogP) is 8.97. The largest absolute Gasteiger partial charge is 0.493 e. The highest BCUT2D eigenvalue weighted by Gasteiger charge is 2.11. The van der Waals surface area contributed by atoms with Crippen LogP contribution in [0.1, 0.15) is 21.5 Å². The van der Waals surface area contributed by atoms with Gasteiger partial charge in [-0.2, -0.15) is 5.10 Å². The van der Waals surface area contributed by atoms with E-state index in [0.717, 1.165) is 32.1 Å². The van der Waals surface area contributed by atoms with Gasteiger partial charge in [-0.05, 0) is 82.2 Å². The summed E-state index contributed by atoms with van der Waals surface area (Å²) in [5, 5.41) is 11.4. The van der Waals surface area contributed by atoms with Crippen LogP contribution in [0.2, 0.25) is 10.0 Å². The molecule has 2 N–H and O–H groups in total. The minimum absolute atomic E-state index is 0.341. The number of benzene rings is 4. The van der Waals surface area contributed by atoms with Crippen molar-refractivity contribution >= 4 is 73.4 Å². The topological polar surface area (TPSA) is 84.8 Å². The van der Waals surface area contributed by atoms with Gasteiger partial charge in [0, 0.05) is 42.3 Å². The molecule has 0 fully saturated rings. The standard InChI is InChI=1S/C31H23BrCl2N4O3S/c1-40-28-14-22(26(32)15-29(28)41-17-19-2-8-23(33)9-3-19)16-35-38-30(39)21-6-4-20(5-7-21)27-18-42-31(37-27)36-25-12-10-24(34)11-13-25/h2-16,18H,17H2,1H3,(H,36,37)(H,38,39)/b35-16-. The molecule has 0 radical (unpaired) electrons. The molecule has 5 aromatic rings. The molecule has 0 aliphatic carbocycles. The Morgan fingerprint density at radius 1 is 0.976 bits per heavy atom. The first-order valence-electron chi connectivity index (χ1n) is 12.5. The van der Waals surface area contributed by atoms with Crippen molar-refractivity contribution < 1.29 is 14.3 Å². The Morgan fingerprint density at radius 3 is 2.36 bits per heavy atom. The number of anilines is 2. The fourth-order valence-electron chi connectivity index (χ4n) is 3.80. The number of methoxy groups -OCH3 is 1. The first-order valence-corrected chi connectivity index (χ1v) is 15.0. The maximum atomic E-state index is 12.7. The molecule has 7 nitrogen and oxygen atoms in total. The molecule has 0 bridgehead atoms. The Kier molecular flexibility index (Phi) is 9.76. The zero-order chi connectivity index (χ0) is 29.5. The maximum absolute atomic E-state index is 12.7. The molecular weight excluding hydrogens is 659 g/mol. The van der Waals surface area contributed by atoms with E-state index in [1.807, 2.05) is 66.0 Å². The molecule has 11 heteroatoms. The number of carbonyl (C=O) groups excluding carboxylic acids is 1. The van der Waals surface area contributed by atoms with Crippen molar-refractivity contribution in [3.63, 3.8) is 0 Å². The van der Waals surface area contributed by atoms with Gasteiger partial charge in [-0.25, -0.2) is 10.4 Å². The number of aromatic nitrogens is 1. The molecule has 1 aromatic heterocycles. The lowest BCUT2D eigenvalue weighted by atomic mass is 10.1. The van der Waals surface area contributed by atoms with Gasteiger partial charge in [-0.1, -0.05) is 47.5 Å². The van der Waals surface area contributed by atoms with E-state index in [0.29, 0.717) is 39.3 Å². The van der Waals surface area contributed by atoms with E-state index in [4.69, 9.17) is 32.7 Å². The molecule has 0 aliphatic rings. The number of nitrogens with zero attached hydrogens (tertiary/aromatic N) is 2. The Bertz CT molecular complexity index is 1710. The first-order chi connectivity index (χ1) is 20.4. The van der Waals surface area contributed by atoms with Crippen molar-refractivity contribution in [3.05, 3.63) is 122 Å². The SMILES string of the molecule is COc1cc(/C=N\NC(=O)c2ccc(-c3csc(Nc4ccc(Cl)cc4)n3)cc2)c(Br)cc1OCc1ccc(Cl)cc1. The number of halogens is 3. The fraction of sp³-hybridized carbons (Fsp3) is 0.0645. The summed E-state index contributed by atoms with van der Waals surface area (Å²) >= 11 is 16.9. The van der Waals surface area contributed by atoms with E-state index in [9.17, 15) is 4.79 Å². The van der Waals surface area contributed by atoms with Crippen molar-refractivity contribution in [1.82, 2.24) is 10.4 Å². The average Bonchev–Trinajstić information content (AvgIpc) is 3.47. The number of carbonyl (C=O) groups is 1. The second kappa shape index (κ2) is 13.8. The van der Waals surface area contributed by atoms with Gasteiger partial charge in [0.1, 0.15) is 6.61 Å². The number of thiazole rings is 1. The molecule has 0 aliphatic heterocycles. The number of nitrogens with one attached hydrogen (secondary N) is 2.